The molecule has 1 aliphatic heterocycles. The zero-order chi connectivity index (χ0) is 29.7. The summed E-state index contributed by atoms with van der Waals surface area (Å²) in [7, 11) is 0. The lowest BCUT2D eigenvalue weighted by Crippen LogP contribution is -2.63. The summed E-state index contributed by atoms with van der Waals surface area (Å²) >= 11 is 0. The maximum Gasteiger partial charge on any atom is 0.411 e. The quantitative estimate of drug-likeness (QED) is 0.321. The molecule has 11 heteroatoms. The van der Waals surface area contributed by atoms with Crippen LogP contribution in [0.5, 0.6) is 0 Å². The molecule has 0 aromatic heterocycles. The SMILES string of the molecule is C=CCOC(=O)N(CC(=O)NC(CC)C(=O)N1CC(=O)NC(=N[C@H](C)C(C)C)[C@@H]1CC(C)C)C(C#N)CCC. The summed E-state index contributed by atoms with van der Waals surface area (Å²) in [5.41, 5.74) is 0. The summed E-state index contributed by atoms with van der Waals surface area (Å²) in [6.45, 7) is 16.6. The van der Waals surface area contributed by atoms with Crippen LogP contribution >= 0.6 is 0 Å². The highest BCUT2D eigenvalue weighted by Gasteiger charge is 2.39. The number of aliphatic imine (C=N–C) groups is 1. The second-order valence-electron chi connectivity index (χ2n) is 10.6. The van der Waals surface area contributed by atoms with Crippen molar-refractivity contribution in [2.45, 2.75) is 98.3 Å². The molecule has 1 saturated heterocycles. The molecular formula is C28H46N6O5. The number of ether oxygens (including phenoxy) is 1. The fourth-order valence-electron chi connectivity index (χ4n) is 4.09. The van der Waals surface area contributed by atoms with Crippen LogP contribution in [0.2, 0.25) is 0 Å². The summed E-state index contributed by atoms with van der Waals surface area (Å²) in [5, 5.41) is 15.2. The molecule has 2 N–H and O–H groups in total. The normalized spacial score (nSPS) is 18.7. The Balaban J connectivity index is 3.20. The molecular weight excluding hydrogens is 500 g/mol. The third-order valence-electron chi connectivity index (χ3n) is 6.56. The molecule has 0 bridgehead atoms. The Kier molecular flexibility index (Phi) is 14.2. The number of rotatable bonds is 14. The topological polar surface area (TPSA) is 144 Å². The Hall–Kier alpha value is -3.42. The maximum atomic E-state index is 13.7. The maximum absolute atomic E-state index is 13.7. The minimum absolute atomic E-state index is 0.0604. The van der Waals surface area contributed by atoms with Crippen LogP contribution in [0, 0.1) is 23.2 Å². The van der Waals surface area contributed by atoms with Crippen molar-refractivity contribution in [1.29, 1.82) is 5.26 Å². The number of nitrogens with zero attached hydrogens (tertiary/aromatic N) is 4. The zero-order valence-corrected chi connectivity index (χ0v) is 24.5. The van der Waals surface area contributed by atoms with Crippen LogP contribution < -0.4 is 10.6 Å². The molecule has 1 fully saturated rings. The molecule has 0 aliphatic carbocycles. The Morgan fingerprint density at radius 1 is 1.28 bits per heavy atom. The first-order chi connectivity index (χ1) is 18.4. The van der Waals surface area contributed by atoms with E-state index in [-0.39, 0.29) is 43.4 Å². The van der Waals surface area contributed by atoms with Crippen molar-refractivity contribution in [2.75, 3.05) is 19.7 Å². The van der Waals surface area contributed by atoms with Gasteiger partial charge in [-0.1, -0.05) is 60.6 Å². The summed E-state index contributed by atoms with van der Waals surface area (Å²) < 4.78 is 5.09. The predicted octanol–water partition coefficient (Wildman–Crippen LogP) is 3.01. The van der Waals surface area contributed by atoms with Gasteiger partial charge in [-0.05, 0) is 38.0 Å². The summed E-state index contributed by atoms with van der Waals surface area (Å²) in [6.07, 6.45) is 2.42. The number of amides is 4. The Morgan fingerprint density at radius 2 is 1.95 bits per heavy atom. The van der Waals surface area contributed by atoms with Gasteiger partial charge < -0.3 is 20.3 Å². The summed E-state index contributed by atoms with van der Waals surface area (Å²) in [5.74, 6) is -0.427. The minimum Gasteiger partial charge on any atom is -0.445 e. The van der Waals surface area contributed by atoms with Crippen molar-refractivity contribution in [3.63, 3.8) is 0 Å². The number of piperazine rings is 1. The number of carbonyl (C=O) groups excluding carboxylic acids is 4. The van der Waals surface area contributed by atoms with Crippen LogP contribution in [0.25, 0.3) is 0 Å². The van der Waals surface area contributed by atoms with Crippen LogP contribution in [0.4, 0.5) is 4.79 Å². The number of hydrogen-bond donors (Lipinski definition) is 2. The van der Waals surface area contributed by atoms with Crippen LogP contribution in [-0.4, -0.2) is 83.3 Å². The number of amidine groups is 1. The minimum atomic E-state index is -0.931. The fraction of sp³-hybridized carbons (Fsp3) is 0.714. The van der Waals surface area contributed by atoms with Crippen molar-refractivity contribution in [3.8, 4) is 6.07 Å². The Bertz CT molecular complexity index is 941. The monoisotopic (exact) mass is 546 g/mol. The lowest BCUT2D eigenvalue weighted by Gasteiger charge is -2.39. The van der Waals surface area contributed by atoms with Crippen molar-refractivity contribution >= 4 is 29.7 Å². The van der Waals surface area contributed by atoms with Gasteiger partial charge in [-0.2, -0.15) is 5.26 Å². The zero-order valence-electron chi connectivity index (χ0n) is 24.5. The van der Waals surface area contributed by atoms with Crippen molar-refractivity contribution in [1.82, 2.24) is 20.4 Å². The highest BCUT2D eigenvalue weighted by Crippen LogP contribution is 2.19. The third-order valence-corrected chi connectivity index (χ3v) is 6.56. The van der Waals surface area contributed by atoms with Gasteiger partial charge in [0.25, 0.3) is 0 Å². The first-order valence-corrected chi connectivity index (χ1v) is 13.8. The van der Waals surface area contributed by atoms with Gasteiger partial charge in [-0.25, -0.2) is 4.79 Å². The standard InChI is InChI=1S/C28H46N6O5/c1-9-12-21(15-29)33(28(38)39-13-10-2)16-24(35)31-22(11-3)27(37)34-17-25(36)32-26(23(34)14-18(4)5)30-20(8)19(6)7/h10,18-23H,2,9,11-14,16-17H2,1,3-8H3,(H,31,35)(H,30,32,36)/t20-,21?,22?,23+/m1/s1. The molecule has 1 aliphatic rings. The van der Waals surface area contributed by atoms with Crippen molar-refractivity contribution in [2.24, 2.45) is 16.8 Å². The molecule has 2 unspecified atom stereocenters. The first-order valence-electron chi connectivity index (χ1n) is 13.8. The summed E-state index contributed by atoms with van der Waals surface area (Å²) in [4.78, 5) is 59.3. The van der Waals surface area contributed by atoms with Gasteiger partial charge in [-0.3, -0.25) is 24.3 Å². The van der Waals surface area contributed by atoms with Crippen molar-refractivity contribution < 1.29 is 23.9 Å². The van der Waals surface area contributed by atoms with Gasteiger partial charge in [0.15, 0.2) is 0 Å². The van der Waals surface area contributed by atoms with E-state index >= 15 is 0 Å². The third kappa shape index (κ3) is 10.3. The van der Waals surface area contributed by atoms with E-state index < -0.39 is 42.6 Å². The number of hydrogen-bond acceptors (Lipinski definition) is 7. The van der Waals surface area contributed by atoms with E-state index in [0.717, 1.165) is 4.90 Å². The molecule has 4 atom stereocenters. The second kappa shape index (κ2) is 16.5. The smallest absolute Gasteiger partial charge is 0.411 e. The largest absolute Gasteiger partial charge is 0.445 e. The number of nitrogens with one attached hydrogen (secondary N) is 2. The van der Waals surface area contributed by atoms with E-state index in [1.165, 1.54) is 11.0 Å². The Morgan fingerprint density at radius 3 is 2.46 bits per heavy atom. The highest BCUT2D eigenvalue weighted by molar-refractivity contribution is 6.07. The fourth-order valence-corrected chi connectivity index (χ4v) is 4.09. The van der Waals surface area contributed by atoms with E-state index in [1.807, 2.05) is 41.5 Å². The molecule has 4 amide bonds. The molecule has 0 radical (unpaired) electrons. The average Bonchev–Trinajstić information content (AvgIpc) is 2.88. The molecule has 11 nitrogen and oxygen atoms in total. The Labute approximate surface area is 233 Å². The van der Waals surface area contributed by atoms with Gasteiger partial charge in [0.2, 0.25) is 17.7 Å². The highest BCUT2D eigenvalue weighted by atomic mass is 16.6. The lowest BCUT2D eigenvalue weighted by atomic mass is 9.97. The molecule has 0 spiro atoms. The second-order valence-corrected chi connectivity index (χ2v) is 10.6. The van der Waals surface area contributed by atoms with E-state index in [4.69, 9.17) is 9.73 Å². The molecule has 39 heavy (non-hydrogen) atoms. The van der Waals surface area contributed by atoms with E-state index in [0.29, 0.717) is 25.1 Å². The van der Waals surface area contributed by atoms with Crippen LogP contribution in [0.15, 0.2) is 17.6 Å². The van der Waals surface area contributed by atoms with Crippen LogP contribution in [0.3, 0.4) is 0 Å². The first kappa shape index (κ1) is 33.6. The number of carbonyl (C=O) groups is 4. The van der Waals surface area contributed by atoms with Gasteiger partial charge in [0, 0.05) is 0 Å². The van der Waals surface area contributed by atoms with E-state index in [9.17, 15) is 24.4 Å². The van der Waals surface area contributed by atoms with E-state index in [2.05, 4.69) is 23.3 Å². The molecule has 0 aromatic rings. The lowest BCUT2D eigenvalue weighted by molar-refractivity contribution is -0.141. The molecule has 1 rings (SSSR count). The summed E-state index contributed by atoms with van der Waals surface area (Å²) in [6, 6.07) is -0.249. The van der Waals surface area contributed by atoms with Crippen molar-refractivity contribution in [3.05, 3.63) is 12.7 Å². The number of nitriles is 1. The molecule has 0 aromatic carbocycles. The van der Waals surface area contributed by atoms with Crippen LogP contribution in [0.1, 0.15) is 74.1 Å². The molecule has 218 valence electrons. The predicted molar refractivity (Wildman–Crippen MR) is 150 cm³/mol. The average molecular weight is 547 g/mol. The molecule has 1 heterocycles. The van der Waals surface area contributed by atoms with Gasteiger partial charge in [-0.15, -0.1) is 0 Å². The van der Waals surface area contributed by atoms with Crippen LogP contribution in [-0.2, 0) is 19.1 Å². The van der Waals surface area contributed by atoms with E-state index in [1.54, 1.807) is 6.92 Å². The van der Waals surface area contributed by atoms with Gasteiger partial charge in [0.1, 0.15) is 37.6 Å². The molecule has 0 saturated carbocycles. The van der Waals surface area contributed by atoms with Gasteiger partial charge in [0.05, 0.1) is 18.2 Å². The van der Waals surface area contributed by atoms with Gasteiger partial charge >= 0.3 is 6.09 Å².